The quantitative estimate of drug-likeness (QED) is 0.540. The van der Waals surface area contributed by atoms with Crippen LogP contribution >= 0.6 is 0 Å². The largest absolute Gasteiger partial charge is 0.423 e. The first kappa shape index (κ1) is 21.9. The molecule has 0 heterocycles. The van der Waals surface area contributed by atoms with Crippen molar-refractivity contribution in [3.8, 4) is 5.75 Å². The number of benzene rings is 2. The Kier molecular flexibility index (Phi) is 5.59. The summed E-state index contributed by atoms with van der Waals surface area (Å²) in [4.78, 5) is 37.4. The van der Waals surface area contributed by atoms with E-state index in [-0.39, 0.29) is 29.1 Å². The van der Waals surface area contributed by atoms with Crippen molar-refractivity contribution < 1.29 is 19.1 Å². The summed E-state index contributed by atoms with van der Waals surface area (Å²) in [5.74, 6) is 1.56. The van der Waals surface area contributed by atoms with Gasteiger partial charge < -0.3 is 10.1 Å². The summed E-state index contributed by atoms with van der Waals surface area (Å²) in [5, 5.41) is 3.03. The van der Waals surface area contributed by atoms with Crippen LogP contribution in [0, 0.1) is 17.3 Å². The Balaban J connectivity index is 1.35. The SMILES string of the molecule is CCC(=O)N[C@H]1C(=O)C[C@H]2[C@@H]3CCc4cc(OC(=O)c5ccccc5)ccc4[C@H]3CC[C@]12C. The molecule has 2 saturated carbocycles. The van der Waals surface area contributed by atoms with Gasteiger partial charge in [-0.3, -0.25) is 9.59 Å². The van der Waals surface area contributed by atoms with Crippen LogP contribution in [0.2, 0.25) is 0 Å². The molecule has 5 heteroatoms. The number of nitrogens with one attached hydrogen (secondary N) is 1. The molecule has 2 fully saturated rings. The molecule has 5 nitrogen and oxygen atoms in total. The number of rotatable bonds is 4. The highest BCUT2D eigenvalue weighted by Crippen LogP contribution is 2.60. The third-order valence-corrected chi connectivity index (χ3v) is 8.38. The number of Topliss-reactive ketones (excluding diaryl/α,β-unsaturated/α-hetero) is 1. The van der Waals surface area contributed by atoms with E-state index in [2.05, 4.69) is 18.3 Å². The molecule has 0 aliphatic heterocycles. The Labute approximate surface area is 194 Å². The highest BCUT2D eigenvalue weighted by Gasteiger charge is 2.58. The monoisotopic (exact) mass is 445 g/mol. The lowest BCUT2D eigenvalue weighted by molar-refractivity contribution is -0.128. The fourth-order valence-corrected chi connectivity index (χ4v) is 6.66. The number of amides is 1. The molecule has 1 N–H and O–H groups in total. The second-order valence-electron chi connectivity index (χ2n) is 10.1. The van der Waals surface area contributed by atoms with Crippen molar-refractivity contribution in [3.63, 3.8) is 0 Å². The third-order valence-electron chi connectivity index (χ3n) is 8.38. The van der Waals surface area contributed by atoms with Crippen LogP contribution in [0.25, 0.3) is 0 Å². The highest BCUT2D eigenvalue weighted by molar-refractivity contribution is 5.92. The second-order valence-corrected chi connectivity index (χ2v) is 10.1. The van der Waals surface area contributed by atoms with E-state index >= 15 is 0 Å². The van der Waals surface area contributed by atoms with Crippen molar-refractivity contribution in [2.24, 2.45) is 17.3 Å². The molecule has 5 rings (SSSR count). The molecule has 0 unspecified atom stereocenters. The molecule has 0 bridgehead atoms. The maximum absolute atomic E-state index is 12.9. The van der Waals surface area contributed by atoms with Gasteiger partial charge in [0.2, 0.25) is 5.91 Å². The molecule has 0 aromatic heterocycles. The molecule has 3 aliphatic rings. The summed E-state index contributed by atoms with van der Waals surface area (Å²) < 4.78 is 5.64. The lowest BCUT2D eigenvalue weighted by Gasteiger charge is -2.50. The van der Waals surface area contributed by atoms with Gasteiger partial charge in [-0.25, -0.2) is 4.79 Å². The van der Waals surface area contributed by atoms with Crippen molar-refractivity contribution >= 4 is 17.7 Å². The molecular weight excluding hydrogens is 414 g/mol. The summed E-state index contributed by atoms with van der Waals surface area (Å²) in [6.07, 6.45) is 4.86. The zero-order valence-electron chi connectivity index (χ0n) is 19.3. The fraction of sp³-hybridized carbons (Fsp3) is 0.464. The number of ketones is 1. The van der Waals surface area contributed by atoms with Crippen LogP contribution in [0.3, 0.4) is 0 Å². The van der Waals surface area contributed by atoms with Crippen LogP contribution in [-0.4, -0.2) is 23.7 Å². The topological polar surface area (TPSA) is 72.5 Å². The Bertz CT molecular complexity index is 1090. The summed E-state index contributed by atoms with van der Waals surface area (Å²) in [6, 6.07) is 14.7. The first-order valence-corrected chi connectivity index (χ1v) is 12.1. The van der Waals surface area contributed by atoms with Gasteiger partial charge in [-0.05, 0) is 84.2 Å². The molecule has 1 amide bonds. The average Bonchev–Trinajstić information content (AvgIpc) is 3.09. The fourth-order valence-electron chi connectivity index (χ4n) is 6.66. The maximum Gasteiger partial charge on any atom is 0.343 e. The zero-order chi connectivity index (χ0) is 23.2. The Morgan fingerprint density at radius 2 is 1.91 bits per heavy atom. The number of esters is 1. The van der Waals surface area contributed by atoms with Crippen LogP contribution in [0.15, 0.2) is 48.5 Å². The Morgan fingerprint density at radius 3 is 2.67 bits per heavy atom. The minimum Gasteiger partial charge on any atom is -0.423 e. The first-order chi connectivity index (χ1) is 15.9. The van der Waals surface area contributed by atoms with Crippen molar-refractivity contribution in [1.29, 1.82) is 0 Å². The number of hydrogen-bond acceptors (Lipinski definition) is 4. The van der Waals surface area contributed by atoms with Gasteiger partial charge in [0.15, 0.2) is 5.78 Å². The van der Waals surface area contributed by atoms with E-state index in [1.807, 2.05) is 37.3 Å². The predicted molar refractivity (Wildman–Crippen MR) is 125 cm³/mol. The smallest absolute Gasteiger partial charge is 0.343 e. The maximum atomic E-state index is 12.9. The number of aryl methyl sites for hydroxylation is 1. The number of ether oxygens (including phenoxy) is 1. The van der Waals surface area contributed by atoms with E-state index in [1.54, 1.807) is 12.1 Å². The summed E-state index contributed by atoms with van der Waals surface area (Å²) in [5.41, 5.74) is 2.96. The van der Waals surface area contributed by atoms with Crippen molar-refractivity contribution in [3.05, 3.63) is 65.2 Å². The van der Waals surface area contributed by atoms with Gasteiger partial charge in [0.1, 0.15) is 5.75 Å². The first-order valence-electron chi connectivity index (χ1n) is 12.1. The second kappa shape index (κ2) is 8.44. The summed E-state index contributed by atoms with van der Waals surface area (Å²) in [6.45, 7) is 4.04. The van der Waals surface area contributed by atoms with E-state index in [0.29, 0.717) is 41.9 Å². The van der Waals surface area contributed by atoms with E-state index in [9.17, 15) is 14.4 Å². The number of fused-ring (bicyclic) bond motifs is 5. The van der Waals surface area contributed by atoms with E-state index in [0.717, 1.165) is 25.7 Å². The van der Waals surface area contributed by atoms with E-state index in [1.165, 1.54) is 11.1 Å². The van der Waals surface area contributed by atoms with Gasteiger partial charge >= 0.3 is 5.97 Å². The Hall–Kier alpha value is -2.95. The number of carbonyl (C=O) groups excluding carboxylic acids is 3. The van der Waals surface area contributed by atoms with Gasteiger partial charge in [-0.2, -0.15) is 0 Å². The van der Waals surface area contributed by atoms with Gasteiger partial charge in [-0.15, -0.1) is 0 Å². The molecule has 0 saturated heterocycles. The molecule has 2 aromatic rings. The average molecular weight is 446 g/mol. The zero-order valence-corrected chi connectivity index (χ0v) is 19.3. The third kappa shape index (κ3) is 3.77. The van der Waals surface area contributed by atoms with Crippen LogP contribution in [-0.2, 0) is 16.0 Å². The molecule has 5 atom stereocenters. The molecule has 33 heavy (non-hydrogen) atoms. The lowest BCUT2D eigenvalue weighted by atomic mass is 9.55. The molecule has 3 aliphatic carbocycles. The lowest BCUT2D eigenvalue weighted by Crippen LogP contribution is -2.51. The summed E-state index contributed by atoms with van der Waals surface area (Å²) >= 11 is 0. The van der Waals surface area contributed by atoms with E-state index < -0.39 is 0 Å². The van der Waals surface area contributed by atoms with Crippen LogP contribution in [0.1, 0.15) is 73.4 Å². The molecular formula is C28H31NO4. The van der Waals surface area contributed by atoms with Gasteiger partial charge in [0, 0.05) is 12.8 Å². The van der Waals surface area contributed by atoms with Crippen LogP contribution in [0.4, 0.5) is 0 Å². The minimum atomic E-state index is -0.350. The standard InChI is InChI=1S/C28H31NO4/c1-3-25(31)29-26-24(30)16-23-22-11-9-18-15-19(33-27(32)17-7-5-4-6-8-17)10-12-20(18)21(22)13-14-28(23,26)2/h4-8,10,12,15,21-23,26H,3,9,11,13-14,16H2,1-2H3,(H,29,31)/t21-,22-,23+,26+,28+/m1/s1. The van der Waals surface area contributed by atoms with Crippen molar-refractivity contribution in [1.82, 2.24) is 5.32 Å². The Morgan fingerprint density at radius 1 is 1.12 bits per heavy atom. The molecule has 0 radical (unpaired) electrons. The van der Waals surface area contributed by atoms with Gasteiger partial charge in [0.25, 0.3) is 0 Å². The van der Waals surface area contributed by atoms with Gasteiger partial charge in [0.05, 0.1) is 11.6 Å². The number of hydrogen-bond donors (Lipinski definition) is 1. The normalized spacial score (nSPS) is 30.1. The molecule has 2 aromatic carbocycles. The predicted octanol–water partition coefficient (Wildman–Crippen LogP) is 4.84. The van der Waals surface area contributed by atoms with E-state index in [4.69, 9.17) is 4.74 Å². The van der Waals surface area contributed by atoms with Crippen molar-refractivity contribution in [2.75, 3.05) is 0 Å². The van der Waals surface area contributed by atoms with Crippen LogP contribution < -0.4 is 10.1 Å². The number of carbonyl (C=O) groups is 3. The van der Waals surface area contributed by atoms with Crippen LogP contribution in [0.5, 0.6) is 5.75 Å². The molecule has 0 spiro atoms. The molecule has 172 valence electrons. The highest BCUT2D eigenvalue weighted by atomic mass is 16.5. The van der Waals surface area contributed by atoms with Gasteiger partial charge in [-0.1, -0.05) is 38.1 Å². The van der Waals surface area contributed by atoms with Crippen molar-refractivity contribution in [2.45, 2.75) is 64.3 Å². The minimum absolute atomic E-state index is 0.0380. The summed E-state index contributed by atoms with van der Waals surface area (Å²) in [7, 11) is 0.